The Morgan fingerprint density at radius 2 is 0.929 bits per heavy atom. The lowest BCUT2D eigenvalue weighted by Crippen LogP contribution is -2.31. The Hall–Kier alpha value is -1.95. The Balaban J connectivity index is 4.27. The molecule has 0 fully saturated rings. The highest BCUT2D eigenvalue weighted by Gasteiger charge is 2.24. The van der Waals surface area contributed by atoms with Crippen molar-refractivity contribution in [2.45, 2.75) is 239 Å². The molecule has 0 spiro atoms. The summed E-state index contributed by atoms with van der Waals surface area (Å²) in [6.07, 6.45) is 46.0. The average Bonchev–Trinajstić information content (AvgIpc) is 3.12. The minimum absolute atomic E-state index is 0.00423. The van der Waals surface area contributed by atoms with Crippen LogP contribution in [0.4, 0.5) is 0 Å². The third kappa shape index (κ3) is 40.3. The van der Waals surface area contributed by atoms with Crippen LogP contribution < -0.4 is 0 Å². The number of hydrogen-bond donors (Lipinski definition) is 0. The summed E-state index contributed by atoms with van der Waals surface area (Å²) >= 11 is 0. The Bertz CT molecular complexity index is 986. The molecular formula is C50H93NO5. The van der Waals surface area contributed by atoms with Crippen molar-refractivity contribution in [3.63, 3.8) is 0 Å². The van der Waals surface area contributed by atoms with Gasteiger partial charge in [-0.1, -0.05) is 135 Å². The molecule has 0 saturated heterocycles. The molecule has 0 aromatic rings. The highest BCUT2D eigenvalue weighted by Crippen LogP contribution is 2.28. The topological polar surface area (TPSA) is 72.9 Å². The van der Waals surface area contributed by atoms with E-state index in [0.717, 1.165) is 64.3 Å². The third-order valence-corrected chi connectivity index (χ3v) is 11.0. The van der Waals surface area contributed by atoms with E-state index in [1.54, 1.807) is 6.92 Å². The quantitative estimate of drug-likeness (QED) is 0.0349. The number of Topliss-reactive ketones (excluding diaryl/α,β-unsaturated/α-hetero) is 1. The van der Waals surface area contributed by atoms with Gasteiger partial charge in [-0.25, -0.2) is 0 Å². The standard InChI is InChI=1S/C50H93NO5/c1-45(43-50(3,4)44-51(5)6)42-49(54)56-47(39-35-31-27-23-19-15-11-8-10-14-18-22-26-30-34-38-46(2)52)40-36-32-28-24-20-16-12-9-13-17-21-25-29-33-37-41-48(53)55-7/h8-10,13,45,47H,11-12,14-44H2,1-7H3/b10-8-,13-9-. The number of carbonyl (C=O) groups excluding carboxylic acids is 3. The predicted molar refractivity (Wildman–Crippen MR) is 240 cm³/mol. The summed E-state index contributed by atoms with van der Waals surface area (Å²) in [5.74, 6) is 0.559. The number of carbonyl (C=O) groups is 3. The lowest BCUT2D eigenvalue weighted by atomic mass is 9.82. The van der Waals surface area contributed by atoms with Crippen LogP contribution in [-0.4, -0.2) is 56.5 Å². The first-order chi connectivity index (χ1) is 26.9. The van der Waals surface area contributed by atoms with Gasteiger partial charge in [0.05, 0.1) is 7.11 Å². The first kappa shape index (κ1) is 54.0. The van der Waals surface area contributed by atoms with E-state index in [1.165, 1.54) is 142 Å². The van der Waals surface area contributed by atoms with Crippen LogP contribution in [0, 0.1) is 11.3 Å². The zero-order valence-electron chi connectivity index (χ0n) is 38.3. The monoisotopic (exact) mass is 788 g/mol. The maximum absolute atomic E-state index is 13.1. The maximum Gasteiger partial charge on any atom is 0.306 e. The molecule has 0 bridgehead atoms. The smallest absolute Gasteiger partial charge is 0.306 e. The normalized spacial score (nSPS) is 13.2. The van der Waals surface area contributed by atoms with E-state index in [4.69, 9.17) is 9.47 Å². The molecule has 0 heterocycles. The second-order valence-corrected chi connectivity index (χ2v) is 18.3. The summed E-state index contributed by atoms with van der Waals surface area (Å²) in [5, 5.41) is 0. The maximum atomic E-state index is 13.1. The minimum Gasteiger partial charge on any atom is -0.469 e. The lowest BCUT2D eigenvalue weighted by Gasteiger charge is -2.31. The number of unbranched alkanes of at least 4 members (excludes halogenated alkanes) is 22. The summed E-state index contributed by atoms with van der Waals surface area (Å²) < 4.78 is 10.9. The molecule has 0 aromatic heterocycles. The molecule has 328 valence electrons. The van der Waals surface area contributed by atoms with Gasteiger partial charge in [0.1, 0.15) is 11.9 Å². The van der Waals surface area contributed by atoms with Gasteiger partial charge < -0.3 is 19.2 Å². The van der Waals surface area contributed by atoms with E-state index in [-0.39, 0.29) is 23.5 Å². The van der Waals surface area contributed by atoms with E-state index in [9.17, 15) is 14.4 Å². The highest BCUT2D eigenvalue weighted by molar-refractivity contribution is 5.75. The molecule has 2 atom stereocenters. The van der Waals surface area contributed by atoms with E-state index in [1.807, 2.05) is 0 Å². The number of ether oxygens (including phenoxy) is 2. The number of hydrogen-bond acceptors (Lipinski definition) is 6. The molecule has 0 aliphatic carbocycles. The van der Waals surface area contributed by atoms with E-state index >= 15 is 0 Å². The van der Waals surface area contributed by atoms with Crippen molar-refractivity contribution in [2.24, 2.45) is 11.3 Å². The highest BCUT2D eigenvalue weighted by atomic mass is 16.5. The van der Waals surface area contributed by atoms with Crippen LogP contribution in [0.15, 0.2) is 24.3 Å². The van der Waals surface area contributed by atoms with Crippen molar-refractivity contribution >= 4 is 17.7 Å². The second kappa shape index (κ2) is 38.6. The summed E-state index contributed by atoms with van der Waals surface area (Å²) in [4.78, 5) is 37.5. The van der Waals surface area contributed by atoms with E-state index < -0.39 is 0 Å². The number of nitrogens with zero attached hydrogens (tertiary/aromatic N) is 1. The van der Waals surface area contributed by atoms with Crippen molar-refractivity contribution in [3.05, 3.63) is 24.3 Å². The number of allylic oxidation sites excluding steroid dienone is 4. The first-order valence-corrected chi connectivity index (χ1v) is 23.7. The van der Waals surface area contributed by atoms with Crippen LogP contribution >= 0.6 is 0 Å². The van der Waals surface area contributed by atoms with Gasteiger partial charge in [-0.3, -0.25) is 9.59 Å². The molecule has 0 radical (unpaired) electrons. The third-order valence-electron chi connectivity index (χ3n) is 11.0. The summed E-state index contributed by atoms with van der Waals surface area (Å²) in [6.45, 7) is 9.53. The molecule has 0 aromatic carbocycles. The molecule has 0 saturated carbocycles. The minimum atomic E-state index is -0.0913. The van der Waals surface area contributed by atoms with Gasteiger partial charge in [-0.15, -0.1) is 0 Å². The van der Waals surface area contributed by atoms with Gasteiger partial charge in [-0.2, -0.15) is 0 Å². The molecule has 0 N–H and O–H groups in total. The van der Waals surface area contributed by atoms with Crippen LogP contribution in [0.25, 0.3) is 0 Å². The Labute approximate surface area is 348 Å². The zero-order valence-corrected chi connectivity index (χ0v) is 38.3. The van der Waals surface area contributed by atoms with E-state index in [2.05, 4.69) is 64.1 Å². The van der Waals surface area contributed by atoms with Crippen molar-refractivity contribution < 1.29 is 23.9 Å². The molecule has 0 aliphatic rings. The summed E-state index contributed by atoms with van der Waals surface area (Å²) in [5.41, 5.74) is 0.183. The average molecular weight is 788 g/mol. The van der Waals surface area contributed by atoms with Crippen LogP contribution in [-0.2, 0) is 23.9 Å². The molecule has 0 amide bonds. The van der Waals surface area contributed by atoms with Crippen LogP contribution in [0.3, 0.4) is 0 Å². The summed E-state index contributed by atoms with van der Waals surface area (Å²) in [7, 11) is 5.71. The molecular weight excluding hydrogens is 695 g/mol. The van der Waals surface area contributed by atoms with Crippen LogP contribution in [0.2, 0.25) is 0 Å². The molecule has 6 heteroatoms. The molecule has 0 aliphatic heterocycles. The van der Waals surface area contributed by atoms with Gasteiger partial charge in [0.15, 0.2) is 0 Å². The fourth-order valence-corrected chi connectivity index (χ4v) is 8.20. The number of esters is 2. The van der Waals surface area contributed by atoms with Crippen molar-refractivity contribution in [1.82, 2.24) is 4.90 Å². The SMILES string of the molecule is COC(=O)CCCCCCC/C=C\CCCCCCCCC(CCCCCCCC/C=C\CCCCCCCC(C)=O)OC(=O)CC(C)CC(C)(C)CN(C)C. The second-order valence-electron chi connectivity index (χ2n) is 18.3. The zero-order chi connectivity index (χ0) is 41.5. The van der Waals surface area contributed by atoms with Gasteiger partial charge in [0.2, 0.25) is 0 Å². The fraction of sp³-hybridized carbons (Fsp3) is 0.860. The Morgan fingerprint density at radius 1 is 0.554 bits per heavy atom. The van der Waals surface area contributed by atoms with Crippen molar-refractivity contribution in [3.8, 4) is 0 Å². The Kier molecular flexibility index (Phi) is 37.2. The largest absolute Gasteiger partial charge is 0.469 e. The van der Waals surface area contributed by atoms with Gasteiger partial charge in [-0.05, 0) is 129 Å². The van der Waals surface area contributed by atoms with Gasteiger partial charge in [0, 0.05) is 25.8 Å². The summed E-state index contributed by atoms with van der Waals surface area (Å²) in [6, 6.07) is 0. The van der Waals surface area contributed by atoms with E-state index in [0.29, 0.717) is 24.5 Å². The predicted octanol–water partition coefficient (Wildman–Crippen LogP) is 14.5. The molecule has 6 nitrogen and oxygen atoms in total. The molecule has 56 heavy (non-hydrogen) atoms. The van der Waals surface area contributed by atoms with Crippen molar-refractivity contribution in [1.29, 1.82) is 0 Å². The number of ketones is 1. The van der Waals surface area contributed by atoms with Crippen molar-refractivity contribution in [2.75, 3.05) is 27.7 Å². The number of rotatable bonds is 41. The lowest BCUT2D eigenvalue weighted by molar-refractivity contribution is -0.151. The van der Waals surface area contributed by atoms with Gasteiger partial charge in [0.25, 0.3) is 0 Å². The number of methoxy groups -OCH3 is 1. The van der Waals surface area contributed by atoms with Crippen LogP contribution in [0.5, 0.6) is 0 Å². The molecule has 0 rings (SSSR count). The van der Waals surface area contributed by atoms with Gasteiger partial charge >= 0.3 is 11.9 Å². The molecule has 2 unspecified atom stereocenters. The fourth-order valence-electron chi connectivity index (χ4n) is 8.20. The first-order valence-electron chi connectivity index (χ1n) is 23.7. The van der Waals surface area contributed by atoms with Crippen LogP contribution in [0.1, 0.15) is 233 Å². The Morgan fingerprint density at radius 3 is 1.32 bits per heavy atom.